The molecule has 0 heterocycles. The van der Waals surface area contributed by atoms with Gasteiger partial charge in [-0.15, -0.1) is 0 Å². The Balaban J connectivity index is 4.42. The van der Waals surface area contributed by atoms with Gasteiger partial charge in [0.25, 0.3) is 0 Å². The minimum absolute atomic E-state index is 0.136. The highest BCUT2D eigenvalue weighted by molar-refractivity contribution is 5.70. The summed E-state index contributed by atoms with van der Waals surface area (Å²) in [5.41, 5.74) is 0. The lowest BCUT2D eigenvalue weighted by Crippen LogP contribution is -2.44. The number of esters is 2. The van der Waals surface area contributed by atoms with Crippen LogP contribution < -0.4 is 5.11 Å². The van der Waals surface area contributed by atoms with E-state index in [1.165, 1.54) is 70.6 Å². The fourth-order valence-corrected chi connectivity index (χ4v) is 6.65. The molecule has 0 saturated heterocycles. The Kier molecular flexibility index (Phi) is 44.4. The summed E-state index contributed by atoms with van der Waals surface area (Å²) in [7, 11) is 5.89. The fourth-order valence-electron chi connectivity index (χ4n) is 6.65. The molecule has 0 bridgehead atoms. The Hall–Kier alpha value is -3.53. The number of carbonyl (C=O) groups is 3. The SMILES string of the molecule is CC/C=C\C/C=C\C/C=C\C/C=C\C/C=C\CCCCCC(=O)OC(COC(=O)CCCCCCCCCCC/C=C\C/C=C\CCCCCCC)COC(OCC[N+](C)(C)C)C(=O)[O-]. The summed E-state index contributed by atoms with van der Waals surface area (Å²) in [6.45, 7) is 4.56. The maximum Gasteiger partial charge on any atom is 0.306 e. The molecule has 0 aromatic carbocycles. The maximum atomic E-state index is 12.8. The third-order valence-electron chi connectivity index (χ3n) is 10.6. The molecule has 0 aromatic heterocycles. The number of ether oxygens (including phenoxy) is 4. The average Bonchev–Trinajstić information content (AvgIpc) is 3.27. The lowest BCUT2D eigenvalue weighted by atomic mass is 10.1. The van der Waals surface area contributed by atoms with Crippen LogP contribution >= 0.6 is 0 Å². The number of allylic oxidation sites excluding steroid dienone is 14. The molecular formula is C56H95NO8. The minimum atomic E-state index is -1.64. The number of carbonyl (C=O) groups excluding carboxylic acids is 3. The molecule has 0 rings (SSSR count). The molecule has 0 aliphatic carbocycles. The fraction of sp³-hybridized carbons (Fsp3) is 0.696. The van der Waals surface area contributed by atoms with E-state index >= 15 is 0 Å². The third-order valence-corrected chi connectivity index (χ3v) is 10.6. The number of hydrogen-bond acceptors (Lipinski definition) is 8. The predicted molar refractivity (Wildman–Crippen MR) is 269 cm³/mol. The highest BCUT2D eigenvalue weighted by Gasteiger charge is 2.21. The van der Waals surface area contributed by atoms with Gasteiger partial charge in [-0.25, -0.2) is 0 Å². The first kappa shape index (κ1) is 61.5. The van der Waals surface area contributed by atoms with Gasteiger partial charge in [0.1, 0.15) is 13.2 Å². The van der Waals surface area contributed by atoms with Crippen molar-refractivity contribution < 1.29 is 42.9 Å². The predicted octanol–water partition coefficient (Wildman–Crippen LogP) is 13.1. The summed E-state index contributed by atoms with van der Waals surface area (Å²) >= 11 is 0. The monoisotopic (exact) mass is 910 g/mol. The van der Waals surface area contributed by atoms with Crippen LogP contribution in [0.5, 0.6) is 0 Å². The molecule has 2 atom stereocenters. The van der Waals surface area contributed by atoms with Gasteiger partial charge in [-0.05, 0) is 89.9 Å². The molecule has 0 radical (unpaired) electrons. The van der Waals surface area contributed by atoms with Gasteiger partial charge in [0, 0.05) is 12.8 Å². The van der Waals surface area contributed by atoms with Gasteiger partial charge in [0.05, 0.1) is 40.3 Å². The summed E-state index contributed by atoms with van der Waals surface area (Å²) in [5, 5.41) is 11.7. The third kappa shape index (κ3) is 48.2. The molecule has 0 spiro atoms. The van der Waals surface area contributed by atoms with Crippen molar-refractivity contribution in [2.24, 2.45) is 0 Å². The van der Waals surface area contributed by atoms with Crippen LogP contribution in [0.3, 0.4) is 0 Å². The van der Waals surface area contributed by atoms with E-state index in [0.717, 1.165) is 89.9 Å². The van der Waals surface area contributed by atoms with Crippen LogP contribution in [0.1, 0.15) is 194 Å². The largest absolute Gasteiger partial charge is 0.545 e. The summed E-state index contributed by atoms with van der Waals surface area (Å²) in [6.07, 6.45) is 57.6. The van der Waals surface area contributed by atoms with Crippen LogP contribution in [-0.4, -0.2) is 82.3 Å². The first-order valence-corrected chi connectivity index (χ1v) is 25.7. The highest BCUT2D eigenvalue weighted by Crippen LogP contribution is 2.14. The Bertz CT molecular complexity index is 1340. The second-order valence-corrected chi connectivity index (χ2v) is 18.1. The zero-order valence-corrected chi connectivity index (χ0v) is 42.1. The normalized spacial score (nSPS) is 13.6. The van der Waals surface area contributed by atoms with Crippen LogP contribution in [0.25, 0.3) is 0 Å². The Morgan fingerprint density at radius 1 is 0.477 bits per heavy atom. The van der Waals surface area contributed by atoms with Crippen LogP contribution in [0.4, 0.5) is 0 Å². The Morgan fingerprint density at radius 3 is 1.32 bits per heavy atom. The van der Waals surface area contributed by atoms with E-state index in [2.05, 4.69) is 98.9 Å². The van der Waals surface area contributed by atoms with Crippen molar-refractivity contribution in [3.63, 3.8) is 0 Å². The van der Waals surface area contributed by atoms with E-state index in [9.17, 15) is 19.5 Å². The number of quaternary nitrogens is 1. The maximum absolute atomic E-state index is 12.8. The first-order chi connectivity index (χ1) is 31.6. The van der Waals surface area contributed by atoms with Gasteiger partial charge in [-0.3, -0.25) is 9.59 Å². The van der Waals surface area contributed by atoms with E-state index in [0.29, 0.717) is 17.4 Å². The van der Waals surface area contributed by atoms with Crippen molar-refractivity contribution in [3.05, 3.63) is 85.1 Å². The molecule has 372 valence electrons. The number of nitrogens with zero attached hydrogens (tertiary/aromatic N) is 1. The van der Waals surface area contributed by atoms with Gasteiger partial charge < -0.3 is 33.3 Å². The molecule has 0 aliphatic heterocycles. The van der Waals surface area contributed by atoms with Gasteiger partial charge in [0.15, 0.2) is 12.4 Å². The first-order valence-electron chi connectivity index (χ1n) is 25.7. The van der Waals surface area contributed by atoms with Crippen LogP contribution in [0.2, 0.25) is 0 Å². The van der Waals surface area contributed by atoms with E-state index in [-0.39, 0.29) is 38.6 Å². The number of carboxylic acids is 1. The molecule has 0 aliphatic rings. The zero-order chi connectivity index (χ0) is 47.7. The number of unbranched alkanes of at least 4 members (excludes halogenated alkanes) is 17. The van der Waals surface area contributed by atoms with Crippen molar-refractivity contribution in [1.82, 2.24) is 0 Å². The lowest BCUT2D eigenvalue weighted by Gasteiger charge is -2.26. The minimum Gasteiger partial charge on any atom is -0.545 e. The number of likely N-dealkylation sites (N-methyl/N-ethyl adjacent to an activating group) is 1. The van der Waals surface area contributed by atoms with E-state index in [4.69, 9.17) is 18.9 Å². The van der Waals surface area contributed by atoms with Crippen molar-refractivity contribution >= 4 is 17.9 Å². The van der Waals surface area contributed by atoms with Crippen molar-refractivity contribution in [1.29, 1.82) is 0 Å². The number of aliphatic carboxylic acids is 1. The van der Waals surface area contributed by atoms with Crippen molar-refractivity contribution in [2.45, 2.75) is 206 Å². The zero-order valence-electron chi connectivity index (χ0n) is 42.1. The molecule has 0 amide bonds. The quantitative estimate of drug-likeness (QED) is 0.0195. The van der Waals surface area contributed by atoms with Gasteiger partial charge in [-0.1, -0.05) is 176 Å². The molecule has 0 aromatic rings. The molecule has 0 N–H and O–H groups in total. The van der Waals surface area contributed by atoms with Gasteiger partial charge >= 0.3 is 11.9 Å². The molecule has 0 saturated carbocycles. The smallest absolute Gasteiger partial charge is 0.306 e. The van der Waals surface area contributed by atoms with Crippen molar-refractivity contribution in [2.75, 3.05) is 47.5 Å². The van der Waals surface area contributed by atoms with E-state index in [1.54, 1.807) is 0 Å². The van der Waals surface area contributed by atoms with Crippen LogP contribution in [0.15, 0.2) is 85.1 Å². The summed E-state index contributed by atoms with van der Waals surface area (Å²) in [5.74, 6) is -2.34. The summed E-state index contributed by atoms with van der Waals surface area (Å²) in [6, 6.07) is 0. The summed E-state index contributed by atoms with van der Waals surface area (Å²) < 4.78 is 22.6. The summed E-state index contributed by atoms with van der Waals surface area (Å²) in [4.78, 5) is 37.2. The average molecular weight is 910 g/mol. The van der Waals surface area contributed by atoms with Gasteiger partial charge in [0.2, 0.25) is 0 Å². The van der Waals surface area contributed by atoms with Crippen LogP contribution in [0, 0.1) is 0 Å². The second kappa shape index (κ2) is 47.0. The molecular weight excluding hydrogens is 815 g/mol. The standard InChI is InChI=1S/C56H95NO8/c1-6-8-10-12-14-16-18-20-22-24-26-27-29-30-32-34-36-38-40-42-44-46-53(58)63-50-52(51-64-56(55(60)61)62-49-48-57(3,4)5)65-54(59)47-45-43-41-39-37-35-33-31-28-25-23-21-19-17-15-13-11-9-7-2/h9,11,15,17-18,20-21,23-24,26,28,31,35,37,52,56H,6-8,10,12-14,16,19,22,25,27,29-30,32-34,36,38-51H2,1-5H3/b11-9-,17-15-,20-18-,23-21-,26-24-,31-28-,37-35-. The van der Waals surface area contributed by atoms with Gasteiger partial charge in [-0.2, -0.15) is 0 Å². The number of rotatable bonds is 46. The van der Waals surface area contributed by atoms with E-state index in [1.807, 2.05) is 21.1 Å². The molecule has 2 unspecified atom stereocenters. The lowest BCUT2D eigenvalue weighted by molar-refractivity contribution is -0.870. The topological polar surface area (TPSA) is 111 Å². The Morgan fingerprint density at radius 2 is 0.877 bits per heavy atom. The van der Waals surface area contributed by atoms with Crippen LogP contribution in [-0.2, 0) is 33.3 Å². The number of carboxylic acid groups (broad SMARTS) is 1. The number of hydrogen-bond donors (Lipinski definition) is 0. The molecule has 0 fully saturated rings. The molecule has 65 heavy (non-hydrogen) atoms. The Labute approximate surface area is 398 Å². The highest BCUT2D eigenvalue weighted by atomic mass is 16.7. The second-order valence-electron chi connectivity index (χ2n) is 18.1. The molecule has 9 heteroatoms. The van der Waals surface area contributed by atoms with Crippen molar-refractivity contribution in [3.8, 4) is 0 Å². The van der Waals surface area contributed by atoms with E-state index < -0.39 is 24.3 Å². The molecule has 9 nitrogen and oxygen atoms in total.